The van der Waals surface area contributed by atoms with Crippen LogP contribution in [0.2, 0.25) is 5.02 Å². The van der Waals surface area contributed by atoms with E-state index in [1.54, 1.807) is 7.11 Å². The summed E-state index contributed by atoms with van der Waals surface area (Å²) in [5, 5.41) is 4.18. The predicted octanol–water partition coefficient (Wildman–Crippen LogP) is 3.42. The van der Waals surface area contributed by atoms with Crippen LogP contribution in [0.25, 0.3) is 0 Å². The van der Waals surface area contributed by atoms with Gasteiger partial charge < -0.3 is 10.1 Å². The molecule has 0 fully saturated rings. The topological polar surface area (TPSA) is 21.3 Å². The minimum Gasteiger partial charge on any atom is -0.375 e. The third kappa shape index (κ3) is 4.52. The van der Waals surface area contributed by atoms with Crippen LogP contribution in [0.3, 0.4) is 0 Å². The quantitative estimate of drug-likeness (QED) is 0.872. The summed E-state index contributed by atoms with van der Waals surface area (Å²) in [5.41, 5.74) is 1.24. The first kappa shape index (κ1) is 13.5. The van der Waals surface area contributed by atoms with Gasteiger partial charge in [-0.25, -0.2) is 0 Å². The summed E-state index contributed by atoms with van der Waals surface area (Å²) in [7, 11) is 1.73. The Morgan fingerprint density at radius 2 is 1.81 bits per heavy atom. The molecule has 1 aromatic carbocycles. The first-order valence-corrected chi connectivity index (χ1v) is 5.83. The summed E-state index contributed by atoms with van der Waals surface area (Å²) in [5.74, 6) is 0. The van der Waals surface area contributed by atoms with E-state index in [4.69, 9.17) is 16.3 Å². The van der Waals surface area contributed by atoms with Crippen molar-refractivity contribution in [1.82, 2.24) is 5.32 Å². The number of rotatable bonds is 4. The second-order valence-electron chi connectivity index (χ2n) is 4.91. The predicted molar refractivity (Wildman–Crippen MR) is 69.0 cm³/mol. The van der Waals surface area contributed by atoms with Crippen molar-refractivity contribution in [2.75, 3.05) is 13.7 Å². The molecule has 1 unspecified atom stereocenters. The molecule has 0 aliphatic rings. The van der Waals surface area contributed by atoms with E-state index in [1.807, 2.05) is 24.3 Å². The summed E-state index contributed by atoms with van der Waals surface area (Å²) < 4.78 is 5.47. The molecule has 1 atom stereocenters. The summed E-state index contributed by atoms with van der Waals surface area (Å²) >= 11 is 5.85. The van der Waals surface area contributed by atoms with E-state index in [-0.39, 0.29) is 11.6 Å². The number of hydrogen-bond acceptors (Lipinski definition) is 2. The van der Waals surface area contributed by atoms with Crippen LogP contribution >= 0.6 is 11.6 Å². The van der Waals surface area contributed by atoms with Crippen LogP contribution in [-0.2, 0) is 4.74 Å². The Morgan fingerprint density at radius 3 is 2.25 bits per heavy atom. The van der Waals surface area contributed by atoms with Gasteiger partial charge in [0.05, 0.1) is 6.10 Å². The van der Waals surface area contributed by atoms with Crippen LogP contribution in [0.4, 0.5) is 0 Å². The average molecular weight is 242 g/mol. The van der Waals surface area contributed by atoms with Crippen molar-refractivity contribution in [1.29, 1.82) is 0 Å². The average Bonchev–Trinajstić information content (AvgIpc) is 2.20. The molecule has 0 aliphatic heterocycles. The molecule has 3 heteroatoms. The zero-order chi connectivity index (χ0) is 12.2. The molecule has 1 rings (SSSR count). The Balaban J connectivity index is 2.64. The largest absolute Gasteiger partial charge is 0.375 e. The van der Waals surface area contributed by atoms with E-state index in [0.717, 1.165) is 17.1 Å². The van der Waals surface area contributed by atoms with Gasteiger partial charge in [-0.05, 0) is 38.5 Å². The van der Waals surface area contributed by atoms with Gasteiger partial charge in [0.15, 0.2) is 0 Å². The zero-order valence-corrected chi connectivity index (χ0v) is 11.1. The fourth-order valence-electron chi connectivity index (χ4n) is 1.41. The second-order valence-corrected chi connectivity index (χ2v) is 5.34. The summed E-state index contributed by atoms with van der Waals surface area (Å²) in [4.78, 5) is 0. The number of benzene rings is 1. The molecule has 90 valence electrons. The summed E-state index contributed by atoms with van der Waals surface area (Å²) in [6.45, 7) is 7.21. The molecule has 0 aliphatic carbocycles. The van der Waals surface area contributed by atoms with E-state index >= 15 is 0 Å². The maximum absolute atomic E-state index is 5.85. The lowest BCUT2D eigenvalue weighted by atomic mass is 10.1. The van der Waals surface area contributed by atoms with Crippen molar-refractivity contribution in [3.63, 3.8) is 0 Å². The molecule has 0 aromatic heterocycles. The fourth-order valence-corrected chi connectivity index (χ4v) is 1.54. The molecule has 0 spiro atoms. The molecule has 1 aromatic rings. The van der Waals surface area contributed by atoms with Crippen molar-refractivity contribution in [2.24, 2.45) is 0 Å². The Bertz CT molecular complexity index is 316. The Hall–Kier alpha value is -0.570. The van der Waals surface area contributed by atoms with Crippen LogP contribution < -0.4 is 5.32 Å². The highest BCUT2D eigenvalue weighted by Gasteiger charge is 2.15. The first-order valence-electron chi connectivity index (χ1n) is 5.45. The molecule has 0 saturated heterocycles. The maximum Gasteiger partial charge on any atom is 0.0945 e. The van der Waals surface area contributed by atoms with E-state index in [2.05, 4.69) is 26.1 Å². The van der Waals surface area contributed by atoms with Gasteiger partial charge in [0.25, 0.3) is 0 Å². The Kier molecular flexibility index (Phi) is 4.78. The van der Waals surface area contributed by atoms with Crippen LogP contribution in [0, 0.1) is 0 Å². The summed E-state index contributed by atoms with van der Waals surface area (Å²) in [6, 6.07) is 7.78. The Morgan fingerprint density at radius 1 is 1.25 bits per heavy atom. The molecule has 2 nitrogen and oxygen atoms in total. The van der Waals surface area contributed by atoms with E-state index in [9.17, 15) is 0 Å². The van der Waals surface area contributed by atoms with Gasteiger partial charge in [0.2, 0.25) is 0 Å². The van der Waals surface area contributed by atoms with Gasteiger partial charge in [0, 0.05) is 24.2 Å². The minimum absolute atomic E-state index is 0.0662. The highest BCUT2D eigenvalue weighted by Crippen LogP contribution is 2.19. The number of nitrogens with one attached hydrogen (secondary N) is 1. The van der Waals surface area contributed by atoms with Crippen molar-refractivity contribution < 1.29 is 4.74 Å². The minimum atomic E-state index is 0.0662. The van der Waals surface area contributed by atoms with E-state index in [0.29, 0.717) is 0 Å². The van der Waals surface area contributed by atoms with Crippen molar-refractivity contribution >= 4 is 11.6 Å². The standard InChI is InChI=1S/C13H20ClNO/c1-13(2,3)15-9-12(16-4)10-5-7-11(14)8-6-10/h5-8,12,15H,9H2,1-4H3. The van der Waals surface area contributed by atoms with Gasteiger partial charge >= 0.3 is 0 Å². The van der Waals surface area contributed by atoms with Gasteiger partial charge in [-0.1, -0.05) is 23.7 Å². The molecule has 1 N–H and O–H groups in total. The second kappa shape index (κ2) is 5.67. The molecule has 0 saturated carbocycles. The van der Waals surface area contributed by atoms with E-state index in [1.165, 1.54) is 0 Å². The molecule has 16 heavy (non-hydrogen) atoms. The van der Waals surface area contributed by atoms with Crippen molar-refractivity contribution in [3.05, 3.63) is 34.9 Å². The third-order valence-corrected chi connectivity index (χ3v) is 2.60. The van der Waals surface area contributed by atoms with Gasteiger partial charge in [0.1, 0.15) is 0 Å². The SMILES string of the molecule is COC(CNC(C)(C)C)c1ccc(Cl)cc1. The lowest BCUT2D eigenvalue weighted by Crippen LogP contribution is -2.38. The van der Waals surface area contributed by atoms with Crippen LogP contribution in [-0.4, -0.2) is 19.2 Å². The van der Waals surface area contributed by atoms with Crippen molar-refractivity contribution in [2.45, 2.75) is 32.4 Å². The maximum atomic E-state index is 5.85. The van der Waals surface area contributed by atoms with Gasteiger partial charge in [-0.3, -0.25) is 0 Å². The molecule has 0 amide bonds. The highest BCUT2D eigenvalue weighted by molar-refractivity contribution is 6.30. The van der Waals surface area contributed by atoms with E-state index < -0.39 is 0 Å². The van der Waals surface area contributed by atoms with Crippen LogP contribution in [0.5, 0.6) is 0 Å². The summed E-state index contributed by atoms with van der Waals surface area (Å²) in [6.07, 6.45) is 0.0662. The Labute approximate surface area is 103 Å². The number of methoxy groups -OCH3 is 1. The van der Waals surface area contributed by atoms with Crippen LogP contribution in [0.15, 0.2) is 24.3 Å². The fraction of sp³-hybridized carbons (Fsp3) is 0.538. The van der Waals surface area contributed by atoms with Crippen molar-refractivity contribution in [3.8, 4) is 0 Å². The van der Waals surface area contributed by atoms with Gasteiger partial charge in [-0.15, -0.1) is 0 Å². The number of halogens is 1. The molecular formula is C13H20ClNO. The smallest absolute Gasteiger partial charge is 0.0945 e. The number of hydrogen-bond donors (Lipinski definition) is 1. The third-order valence-electron chi connectivity index (χ3n) is 2.34. The monoisotopic (exact) mass is 241 g/mol. The molecule has 0 bridgehead atoms. The molecular weight excluding hydrogens is 222 g/mol. The normalized spacial score (nSPS) is 13.8. The van der Waals surface area contributed by atoms with Gasteiger partial charge in [-0.2, -0.15) is 0 Å². The highest BCUT2D eigenvalue weighted by atomic mass is 35.5. The zero-order valence-electron chi connectivity index (χ0n) is 10.4. The molecule has 0 heterocycles. The number of ether oxygens (including phenoxy) is 1. The molecule has 0 radical (unpaired) electrons. The lowest BCUT2D eigenvalue weighted by Gasteiger charge is -2.24. The lowest BCUT2D eigenvalue weighted by molar-refractivity contribution is 0.0959. The first-order chi connectivity index (χ1) is 7.42. The van der Waals surface area contributed by atoms with Crippen LogP contribution in [0.1, 0.15) is 32.4 Å².